The molecule has 0 aromatic heterocycles. The van der Waals surface area contributed by atoms with Crippen molar-refractivity contribution in [2.45, 2.75) is 27.7 Å². The molecule has 0 aliphatic rings. The molecule has 1 radical (unpaired) electrons. The van der Waals surface area contributed by atoms with Gasteiger partial charge in [-0.1, -0.05) is 35.9 Å². The first-order chi connectivity index (χ1) is 7.59. The fraction of sp³-hybridized carbons (Fsp3) is 0.250. The van der Waals surface area contributed by atoms with Crippen LogP contribution in [0, 0.1) is 33.8 Å². The second-order valence-electron chi connectivity index (χ2n) is 4.48. The van der Waals surface area contributed by atoms with Crippen molar-refractivity contribution in [1.82, 2.24) is 0 Å². The van der Waals surface area contributed by atoms with Crippen molar-refractivity contribution in [2.24, 2.45) is 0 Å². The van der Waals surface area contributed by atoms with Crippen LogP contribution >= 0.6 is 0 Å². The Morgan fingerprint density at radius 2 is 1.62 bits per heavy atom. The van der Waals surface area contributed by atoms with Gasteiger partial charge in [0.25, 0.3) is 0 Å². The maximum absolute atomic E-state index is 3.29. The van der Waals surface area contributed by atoms with E-state index in [4.69, 9.17) is 0 Å². The highest BCUT2D eigenvalue weighted by molar-refractivity contribution is 5.73. The molecular weight excluding hydrogens is 192 g/mol. The third kappa shape index (κ3) is 1.88. The molecule has 0 N–H and O–H groups in total. The Bertz CT molecular complexity index is 501. The molecule has 0 heteroatoms. The minimum absolute atomic E-state index is 1.23. The van der Waals surface area contributed by atoms with Crippen molar-refractivity contribution in [1.29, 1.82) is 0 Å². The van der Waals surface area contributed by atoms with Gasteiger partial charge in [-0.2, -0.15) is 0 Å². The van der Waals surface area contributed by atoms with Gasteiger partial charge in [0, 0.05) is 0 Å². The molecule has 2 rings (SSSR count). The standard InChI is InChI=1S/C16H17/c1-11-8-9-12(2)15(10-11)16-13(3)6-5-7-14(16)4/h5-6,8-10H,1-4H3. The van der Waals surface area contributed by atoms with Crippen molar-refractivity contribution >= 4 is 0 Å². The van der Waals surface area contributed by atoms with Gasteiger partial charge in [0.2, 0.25) is 0 Å². The van der Waals surface area contributed by atoms with Crippen LogP contribution in [-0.2, 0) is 0 Å². The zero-order chi connectivity index (χ0) is 11.7. The van der Waals surface area contributed by atoms with E-state index in [2.05, 4.69) is 58.0 Å². The average Bonchev–Trinajstić information content (AvgIpc) is 2.23. The minimum atomic E-state index is 1.23. The highest BCUT2D eigenvalue weighted by atomic mass is 14.1. The molecule has 0 aliphatic heterocycles. The van der Waals surface area contributed by atoms with Gasteiger partial charge >= 0.3 is 0 Å². The SMILES string of the molecule is Cc1ccc(C)c(-c2c(C)[c]ccc2C)c1. The second kappa shape index (κ2) is 4.13. The molecule has 0 fully saturated rings. The van der Waals surface area contributed by atoms with Gasteiger partial charge in [0.05, 0.1) is 0 Å². The van der Waals surface area contributed by atoms with E-state index in [0.717, 1.165) is 0 Å². The summed E-state index contributed by atoms with van der Waals surface area (Å²) in [6.45, 7) is 8.60. The smallest absolute Gasteiger partial charge is 0.0116 e. The summed E-state index contributed by atoms with van der Waals surface area (Å²) in [5.74, 6) is 0. The van der Waals surface area contributed by atoms with E-state index in [1.165, 1.54) is 33.4 Å². The Morgan fingerprint density at radius 1 is 0.875 bits per heavy atom. The fourth-order valence-corrected chi connectivity index (χ4v) is 2.16. The van der Waals surface area contributed by atoms with E-state index >= 15 is 0 Å². The number of aryl methyl sites for hydroxylation is 4. The van der Waals surface area contributed by atoms with E-state index < -0.39 is 0 Å². The molecule has 2 aromatic rings. The molecule has 0 nitrogen and oxygen atoms in total. The highest BCUT2D eigenvalue weighted by Gasteiger charge is 2.07. The molecular formula is C16H17. The molecule has 0 unspecified atom stereocenters. The van der Waals surface area contributed by atoms with Crippen LogP contribution in [0.5, 0.6) is 0 Å². The van der Waals surface area contributed by atoms with Gasteiger partial charge < -0.3 is 0 Å². The maximum atomic E-state index is 3.29. The predicted molar refractivity (Wildman–Crippen MR) is 69.7 cm³/mol. The quantitative estimate of drug-likeness (QED) is 0.653. The normalized spacial score (nSPS) is 10.5. The van der Waals surface area contributed by atoms with Crippen molar-refractivity contribution in [3.8, 4) is 11.1 Å². The Morgan fingerprint density at radius 3 is 2.31 bits per heavy atom. The summed E-state index contributed by atoms with van der Waals surface area (Å²) in [5, 5.41) is 0. The lowest BCUT2D eigenvalue weighted by molar-refractivity contribution is 1.33. The van der Waals surface area contributed by atoms with Gasteiger partial charge in [0.15, 0.2) is 0 Å². The van der Waals surface area contributed by atoms with Crippen LogP contribution in [0.2, 0.25) is 0 Å². The second-order valence-corrected chi connectivity index (χ2v) is 4.48. The molecule has 16 heavy (non-hydrogen) atoms. The summed E-state index contributed by atoms with van der Waals surface area (Å²) in [6.07, 6.45) is 0. The first-order valence-electron chi connectivity index (χ1n) is 5.65. The molecule has 0 spiro atoms. The van der Waals surface area contributed by atoms with Crippen molar-refractivity contribution < 1.29 is 0 Å². The Labute approximate surface area is 97.9 Å². The molecule has 81 valence electrons. The lowest BCUT2D eigenvalue weighted by atomic mass is 9.92. The molecule has 0 amide bonds. The molecule has 0 saturated heterocycles. The summed E-state index contributed by atoms with van der Waals surface area (Å²) in [7, 11) is 0. The summed E-state index contributed by atoms with van der Waals surface area (Å²) >= 11 is 0. The summed E-state index contributed by atoms with van der Waals surface area (Å²) in [6, 6.07) is 14.0. The summed E-state index contributed by atoms with van der Waals surface area (Å²) in [4.78, 5) is 0. The topological polar surface area (TPSA) is 0 Å². The van der Waals surface area contributed by atoms with Crippen molar-refractivity contribution in [2.75, 3.05) is 0 Å². The largest absolute Gasteiger partial charge is 0.0590 e. The summed E-state index contributed by atoms with van der Waals surface area (Å²) < 4.78 is 0. The van der Waals surface area contributed by atoms with Crippen LogP contribution in [0.3, 0.4) is 0 Å². The Balaban J connectivity index is 2.72. The average molecular weight is 209 g/mol. The number of hydrogen-bond acceptors (Lipinski definition) is 0. The first-order valence-corrected chi connectivity index (χ1v) is 5.65. The third-order valence-electron chi connectivity index (χ3n) is 3.06. The monoisotopic (exact) mass is 209 g/mol. The van der Waals surface area contributed by atoms with Crippen molar-refractivity contribution in [3.05, 3.63) is 58.7 Å². The van der Waals surface area contributed by atoms with Crippen LogP contribution in [-0.4, -0.2) is 0 Å². The van der Waals surface area contributed by atoms with E-state index in [1.807, 2.05) is 6.07 Å². The first kappa shape index (κ1) is 10.9. The Hall–Kier alpha value is -1.56. The number of rotatable bonds is 1. The zero-order valence-corrected chi connectivity index (χ0v) is 10.4. The van der Waals surface area contributed by atoms with Crippen LogP contribution in [0.4, 0.5) is 0 Å². The van der Waals surface area contributed by atoms with E-state index in [0.29, 0.717) is 0 Å². The lowest BCUT2D eigenvalue weighted by Gasteiger charge is -2.13. The zero-order valence-electron chi connectivity index (χ0n) is 10.4. The fourth-order valence-electron chi connectivity index (χ4n) is 2.16. The van der Waals surface area contributed by atoms with Gasteiger partial charge in [-0.3, -0.25) is 0 Å². The van der Waals surface area contributed by atoms with Crippen LogP contribution in [0.1, 0.15) is 22.3 Å². The third-order valence-corrected chi connectivity index (χ3v) is 3.06. The molecule has 0 bridgehead atoms. The van der Waals surface area contributed by atoms with Gasteiger partial charge in [-0.05, 0) is 61.6 Å². The summed E-state index contributed by atoms with van der Waals surface area (Å²) in [5.41, 5.74) is 7.87. The minimum Gasteiger partial charge on any atom is -0.0590 e. The van der Waals surface area contributed by atoms with E-state index in [-0.39, 0.29) is 0 Å². The van der Waals surface area contributed by atoms with Crippen LogP contribution in [0.15, 0.2) is 30.3 Å². The number of benzene rings is 2. The van der Waals surface area contributed by atoms with Gasteiger partial charge in [0.1, 0.15) is 0 Å². The van der Waals surface area contributed by atoms with E-state index in [9.17, 15) is 0 Å². The van der Waals surface area contributed by atoms with Crippen molar-refractivity contribution in [3.63, 3.8) is 0 Å². The van der Waals surface area contributed by atoms with Gasteiger partial charge in [-0.15, -0.1) is 0 Å². The van der Waals surface area contributed by atoms with Crippen LogP contribution < -0.4 is 0 Å². The Kier molecular flexibility index (Phi) is 2.82. The highest BCUT2D eigenvalue weighted by Crippen LogP contribution is 2.30. The molecule has 0 atom stereocenters. The predicted octanol–water partition coefficient (Wildman–Crippen LogP) is 4.39. The molecule has 0 heterocycles. The molecule has 0 aliphatic carbocycles. The maximum Gasteiger partial charge on any atom is -0.0116 e. The van der Waals surface area contributed by atoms with Gasteiger partial charge in [-0.25, -0.2) is 0 Å². The molecule has 0 saturated carbocycles. The number of hydrogen-bond donors (Lipinski definition) is 0. The molecule has 2 aromatic carbocycles. The van der Waals surface area contributed by atoms with Crippen LogP contribution in [0.25, 0.3) is 11.1 Å². The van der Waals surface area contributed by atoms with E-state index in [1.54, 1.807) is 0 Å². The lowest BCUT2D eigenvalue weighted by Crippen LogP contribution is -1.91.